The van der Waals surface area contributed by atoms with Crippen molar-refractivity contribution in [2.24, 2.45) is 0 Å². The Kier molecular flexibility index (Phi) is 6.65. The number of halogens is 1. The van der Waals surface area contributed by atoms with E-state index in [1.165, 1.54) is 30.5 Å². The molecule has 1 atom stereocenters. The molecule has 1 aliphatic heterocycles. The molecular weight excluding hydrogens is 475 g/mol. The van der Waals surface area contributed by atoms with Gasteiger partial charge in [0.15, 0.2) is 11.1 Å². The number of fused-ring (bicyclic) bond motifs is 1. The minimum absolute atomic E-state index is 0.0200. The van der Waals surface area contributed by atoms with E-state index in [0.29, 0.717) is 33.8 Å². The normalized spacial score (nSPS) is 15.5. The maximum atomic E-state index is 13.9. The molecule has 3 heterocycles. The summed E-state index contributed by atoms with van der Waals surface area (Å²) in [5.74, 6) is -0.0141. The van der Waals surface area contributed by atoms with Crippen LogP contribution in [0.3, 0.4) is 0 Å². The third-order valence-corrected chi connectivity index (χ3v) is 6.04. The Balaban J connectivity index is 1.48. The van der Waals surface area contributed by atoms with Crippen molar-refractivity contribution < 1.29 is 13.9 Å². The highest BCUT2D eigenvalue weighted by Crippen LogP contribution is 2.31. The molecule has 0 radical (unpaired) electrons. The number of aromatic nitrogens is 3. The molecule has 2 N–H and O–H groups in total. The van der Waals surface area contributed by atoms with E-state index in [1.54, 1.807) is 41.1 Å². The summed E-state index contributed by atoms with van der Waals surface area (Å²) in [6.07, 6.45) is 5.07. The van der Waals surface area contributed by atoms with Crippen molar-refractivity contribution in [3.8, 4) is 11.4 Å². The van der Waals surface area contributed by atoms with E-state index in [4.69, 9.17) is 4.74 Å². The molecule has 188 valence electrons. The van der Waals surface area contributed by atoms with Crippen LogP contribution in [0.1, 0.15) is 6.42 Å². The van der Waals surface area contributed by atoms with Gasteiger partial charge < -0.3 is 24.8 Å². The van der Waals surface area contributed by atoms with Gasteiger partial charge in [0.2, 0.25) is 11.9 Å². The molecule has 1 aliphatic rings. The Hall–Kier alpha value is -4.57. The van der Waals surface area contributed by atoms with Gasteiger partial charge in [0.05, 0.1) is 11.1 Å². The van der Waals surface area contributed by atoms with Crippen LogP contribution in [-0.4, -0.2) is 51.6 Å². The minimum atomic E-state index is -0.405. The van der Waals surface area contributed by atoms with Gasteiger partial charge in [-0.3, -0.25) is 9.59 Å². The number of nitrogens with zero attached hydrogens (tertiary/aromatic N) is 4. The first-order valence-electron chi connectivity index (χ1n) is 11.7. The van der Waals surface area contributed by atoms with Crippen molar-refractivity contribution in [2.45, 2.75) is 12.5 Å². The van der Waals surface area contributed by atoms with Crippen LogP contribution in [0.5, 0.6) is 5.75 Å². The average molecular weight is 501 g/mol. The highest BCUT2D eigenvalue weighted by atomic mass is 19.1. The number of amides is 1. The molecule has 10 heteroatoms. The molecule has 5 rings (SSSR count). The van der Waals surface area contributed by atoms with Crippen LogP contribution in [-0.2, 0) is 4.79 Å². The molecule has 0 spiro atoms. The summed E-state index contributed by atoms with van der Waals surface area (Å²) < 4.78 is 21.6. The number of carbonyl (C=O) groups is 1. The molecule has 1 unspecified atom stereocenters. The lowest BCUT2D eigenvalue weighted by molar-refractivity contribution is -0.111. The summed E-state index contributed by atoms with van der Waals surface area (Å²) in [5.41, 5.74) is 1.65. The average Bonchev–Trinajstić information content (AvgIpc) is 3.30. The van der Waals surface area contributed by atoms with Gasteiger partial charge in [-0.2, -0.15) is 4.98 Å². The number of benzene rings is 2. The SMILES string of the molecule is C=CC(=O)Nc1cc(Nc2ncc3c(=O)ccn(-c4cccc(F)c4)c3n2)ccc1OC1CCN(C)C1. The van der Waals surface area contributed by atoms with Gasteiger partial charge in [-0.15, -0.1) is 0 Å². The van der Waals surface area contributed by atoms with Gasteiger partial charge in [0, 0.05) is 42.9 Å². The molecule has 0 saturated carbocycles. The van der Waals surface area contributed by atoms with Crippen LogP contribution < -0.4 is 20.8 Å². The number of carbonyl (C=O) groups excluding carboxylic acids is 1. The monoisotopic (exact) mass is 500 g/mol. The van der Waals surface area contributed by atoms with Crippen molar-refractivity contribution in [1.29, 1.82) is 0 Å². The summed E-state index contributed by atoms with van der Waals surface area (Å²) in [6, 6.07) is 12.7. The lowest BCUT2D eigenvalue weighted by Crippen LogP contribution is -2.22. The van der Waals surface area contributed by atoms with E-state index in [2.05, 4.69) is 32.1 Å². The number of likely N-dealkylation sites (N-methyl/N-ethyl adjacent to an activating group) is 1. The maximum Gasteiger partial charge on any atom is 0.247 e. The van der Waals surface area contributed by atoms with E-state index in [1.807, 2.05) is 7.05 Å². The first-order valence-corrected chi connectivity index (χ1v) is 11.7. The van der Waals surface area contributed by atoms with Gasteiger partial charge in [0.1, 0.15) is 17.7 Å². The second kappa shape index (κ2) is 10.2. The highest BCUT2D eigenvalue weighted by molar-refractivity contribution is 6.00. The first kappa shape index (κ1) is 24.1. The van der Waals surface area contributed by atoms with Crippen LogP contribution in [0.4, 0.5) is 21.7 Å². The molecule has 0 aliphatic carbocycles. The molecular formula is C27H25FN6O3. The van der Waals surface area contributed by atoms with Gasteiger partial charge in [-0.05, 0) is 55.9 Å². The van der Waals surface area contributed by atoms with Crippen LogP contribution in [0, 0.1) is 5.82 Å². The van der Waals surface area contributed by atoms with Gasteiger partial charge >= 0.3 is 0 Å². The van der Waals surface area contributed by atoms with Crippen molar-refractivity contribution >= 4 is 34.3 Å². The zero-order valence-corrected chi connectivity index (χ0v) is 20.1. The summed E-state index contributed by atoms with van der Waals surface area (Å²) in [6.45, 7) is 5.26. The van der Waals surface area contributed by atoms with Crippen molar-refractivity contribution in [3.63, 3.8) is 0 Å². The summed E-state index contributed by atoms with van der Waals surface area (Å²) in [4.78, 5) is 35.5. The van der Waals surface area contributed by atoms with Gasteiger partial charge in [-0.1, -0.05) is 12.6 Å². The quantitative estimate of drug-likeness (QED) is 0.372. The third kappa shape index (κ3) is 5.34. The smallest absolute Gasteiger partial charge is 0.247 e. The van der Waals surface area contributed by atoms with E-state index >= 15 is 0 Å². The molecule has 1 saturated heterocycles. The first-order chi connectivity index (χ1) is 17.9. The number of hydrogen-bond acceptors (Lipinski definition) is 7. The minimum Gasteiger partial charge on any atom is -0.487 e. The molecule has 0 bridgehead atoms. The lowest BCUT2D eigenvalue weighted by Gasteiger charge is -2.18. The molecule has 1 amide bonds. The van der Waals surface area contributed by atoms with Crippen LogP contribution in [0.2, 0.25) is 0 Å². The molecule has 2 aromatic heterocycles. The molecule has 37 heavy (non-hydrogen) atoms. The van der Waals surface area contributed by atoms with Crippen molar-refractivity contribution in [3.05, 3.63) is 89.6 Å². The number of ether oxygens (including phenoxy) is 1. The van der Waals surface area contributed by atoms with Crippen LogP contribution in [0.15, 0.2) is 78.4 Å². The second-order valence-corrected chi connectivity index (χ2v) is 8.78. The summed E-state index contributed by atoms with van der Waals surface area (Å²) >= 11 is 0. The number of hydrogen-bond donors (Lipinski definition) is 2. The largest absolute Gasteiger partial charge is 0.487 e. The van der Waals surface area contributed by atoms with E-state index in [0.717, 1.165) is 19.5 Å². The Morgan fingerprint density at radius 1 is 1.24 bits per heavy atom. The Morgan fingerprint density at radius 2 is 2.11 bits per heavy atom. The molecule has 1 fully saturated rings. The topological polar surface area (TPSA) is 101 Å². The molecule has 9 nitrogen and oxygen atoms in total. The Labute approximate surface area is 212 Å². The van der Waals surface area contributed by atoms with Crippen LogP contribution in [0.25, 0.3) is 16.7 Å². The lowest BCUT2D eigenvalue weighted by atomic mass is 10.2. The fraction of sp³-hybridized carbons (Fsp3) is 0.185. The number of rotatable bonds is 7. The number of anilines is 3. The molecule has 4 aromatic rings. The van der Waals surface area contributed by atoms with E-state index in [-0.39, 0.29) is 23.4 Å². The predicted octanol–water partition coefficient (Wildman–Crippen LogP) is 3.87. The van der Waals surface area contributed by atoms with Crippen molar-refractivity contribution in [2.75, 3.05) is 30.8 Å². The fourth-order valence-electron chi connectivity index (χ4n) is 4.22. The van der Waals surface area contributed by atoms with Gasteiger partial charge in [0.25, 0.3) is 0 Å². The third-order valence-electron chi connectivity index (χ3n) is 6.04. The number of nitrogens with one attached hydrogen (secondary N) is 2. The predicted molar refractivity (Wildman–Crippen MR) is 140 cm³/mol. The second-order valence-electron chi connectivity index (χ2n) is 8.78. The highest BCUT2D eigenvalue weighted by Gasteiger charge is 2.22. The fourth-order valence-corrected chi connectivity index (χ4v) is 4.22. The zero-order chi connectivity index (χ0) is 25.9. The maximum absolute atomic E-state index is 13.9. The summed E-state index contributed by atoms with van der Waals surface area (Å²) in [5, 5.41) is 6.19. The van der Waals surface area contributed by atoms with Crippen LogP contribution >= 0.6 is 0 Å². The Morgan fingerprint density at radius 3 is 2.86 bits per heavy atom. The summed E-state index contributed by atoms with van der Waals surface area (Å²) in [7, 11) is 2.04. The standard InChI is InChI=1S/C27H25FN6O3/c1-3-25(36)31-22-14-18(7-8-24(22)37-20-9-11-33(2)16-20)30-27-29-15-21-23(35)10-12-34(26(21)32-27)19-6-4-5-17(28)13-19/h3-8,10,12-15,20H,1,9,11,16H2,2H3,(H,31,36)(H,29,30,32). The van der Waals surface area contributed by atoms with E-state index in [9.17, 15) is 14.0 Å². The number of pyridine rings is 1. The van der Waals surface area contributed by atoms with Gasteiger partial charge in [-0.25, -0.2) is 9.37 Å². The van der Waals surface area contributed by atoms with Crippen molar-refractivity contribution in [1.82, 2.24) is 19.4 Å². The van der Waals surface area contributed by atoms with E-state index < -0.39 is 5.82 Å². The Bertz CT molecular complexity index is 1550. The zero-order valence-electron chi connectivity index (χ0n) is 20.1. The molecule has 2 aromatic carbocycles. The number of likely N-dealkylation sites (tertiary alicyclic amines) is 1.